The molecule has 2 aromatic rings. The van der Waals surface area contributed by atoms with Gasteiger partial charge in [-0.1, -0.05) is 48.9 Å². The van der Waals surface area contributed by atoms with E-state index >= 15 is 0 Å². The number of carbonyl (C=O) groups is 1. The number of pyridine rings is 1. The van der Waals surface area contributed by atoms with E-state index < -0.39 is 0 Å². The van der Waals surface area contributed by atoms with E-state index in [4.69, 9.17) is 11.6 Å². The van der Waals surface area contributed by atoms with Crippen LogP contribution in [0.15, 0.2) is 48.7 Å². The summed E-state index contributed by atoms with van der Waals surface area (Å²) in [6, 6.07) is 13.1. The summed E-state index contributed by atoms with van der Waals surface area (Å²) < 4.78 is 0. The Kier molecular flexibility index (Phi) is 4.53. The lowest BCUT2D eigenvalue weighted by atomic mass is 9.96. The minimum Gasteiger partial charge on any atom is -0.310 e. The van der Waals surface area contributed by atoms with Gasteiger partial charge in [-0.2, -0.15) is 0 Å². The molecule has 1 aromatic carbocycles. The third-order valence-corrected chi connectivity index (χ3v) is 3.13. The number of aromatic nitrogens is 1. The van der Waals surface area contributed by atoms with Crippen LogP contribution in [-0.2, 0) is 4.79 Å². The van der Waals surface area contributed by atoms with E-state index in [1.54, 1.807) is 12.1 Å². The van der Waals surface area contributed by atoms with Crippen molar-refractivity contribution in [2.24, 2.45) is 0 Å². The predicted octanol–water partition coefficient (Wildman–Crippen LogP) is 3.87. The molecule has 1 aromatic heterocycles. The predicted molar refractivity (Wildman–Crippen MR) is 77.4 cm³/mol. The van der Waals surface area contributed by atoms with Crippen LogP contribution < -0.4 is 5.32 Å². The molecule has 2 rings (SSSR count). The van der Waals surface area contributed by atoms with Crippen molar-refractivity contribution in [3.63, 3.8) is 0 Å². The molecule has 3 nitrogen and oxygen atoms in total. The number of hydrogen-bond acceptors (Lipinski definition) is 2. The molecular weight excluding hydrogens is 260 g/mol. The third kappa shape index (κ3) is 3.55. The minimum atomic E-state index is -0.168. The second kappa shape index (κ2) is 6.34. The van der Waals surface area contributed by atoms with Crippen molar-refractivity contribution >= 4 is 23.3 Å². The fourth-order valence-electron chi connectivity index (χ4n) is 1.92. The Bertz CT molecular complexity index is 540. The standard InChI is InChI=1S/C15H15ClN2O/c1-2-13(11-6-4-3-5-7-11)15(19)18-14-9-8-12(16)10-17-14/h3-10,13H,2H2,1H3,(H,17,18,19). The third-order valence-electron chi connectivity index (χ3n) is 2.91. The number of halogens is 1. The molecule has 0 bridgehead atoms. The van der Waals surface area contributed by atoms with Gasteiger partial charge in [0.2, 0.25) is 5.91 Å². The van der Waals surface area contributed by atoms with E-state index in [0.29, 0.717) is 10.8 Å². The van der Waals surface area contributed by atoms with E-state index in [0.717, 1.165) is 12.0 Å². The van der Waals surface area contributed by atoms with Gasteiger partial charge in [0.05, 0.1) is 10.9 Å². The SMILES string of the molecule is CCC(C(=O)Nc1ccc(Cl)cn1)c1ccccc1. The Balaban J connectivity index is 2.11. The zero-order valence-corrected chi connectivity index (χ0v) is 11.4. The summed E-state index contributed by atoms with van der Waals surface area (Å²) in [7, 11) is 0. The van der Waals surface area contributed by atoms with Crippen molar-refractivity contribution in [1.29, 1.82) is 0 Å². The van der Waals surface area contributed by atoms with Crippen LogP contribution in [0.25, 0.3) is 0 Å². The highest BCUT2D eigenvalue weighted by molar-refractivity contribution is 6.30. The molecule has 1 unspecified atom stereocenters. The van der Waals surface area contributed by atoms with Crippen molar-refractivity contribution in [2.45, 2.75) is 19.3 Å². The fraction of sp³-hybridized carbons (Fsp3) is 0.200. The van der Waals surface area contributed by atoms with Gasteiger partial charge >= 0.3 is 0 Å². The molecule has 0 radical (unpaired) electrons. The maximum atomic E-state index is 12.2. The molecule has 0 aliphatic rings. The first-order chi connectivity index (χ1) is 9.20. The van der Waals surface area contributed by atoms with Crippen LogP contribution in [0.3, 0.4) is 0 Å². The van der Waals surface area contributed by atoms with E-state index in [1.165, 1.54) is 6.20 Å². The molecule has 0 saturated carbocycles. The first kappa shape index (κ1) is 13.6. The molecule has 0 aliphatic carbocycles. The van der Waals surface area contributed by atoms with Crippen LogP contribution >= 0.6 is 11.6 Å². The van der Waals surface area contributed by atoms with Crippen molar-refractivity contribution in [3.05, 3.63) is 59.2 Å². The fourth-order valence-corrected chi connectivity index (χ4v) is 2.03. The highest BCUT2D eigenvalue weighted by atomic mass is 35.5. The maximum Gasteiger partial charge on any atom is 0.233 e. The van der Waals surface area contributed by atoms with Crippen molar-refractivity contribution in [1.82, 2.24) is 4.98 Å². The van der Waals surface area contributed by atoms with Gasteiger partial charge in [-0.15, -0.1) is 0 Å². The quantitative estimate of drug-likeness (QED) is 0.920. The molecule has 0 fully saturated rings. The van der Waals surface area contributed by atoms with Crippen molar-refractivity contribution < 1.29 is 4.79 Å². The zero-order valence-electron chi connectivity index (χ0n) is 10.6. The van der Waals surface area contributed by atoms with Crippen molar-refractivity contribution in [2.75, 3.05) is 5.32 Å². The second-order valence-electron chi connectivity index (χ2n) is 4.22. The van der Waals surface area contributed by atoms with E-state index in [2.05, 4.69) is 10.3 Å². The lowest BCUT2D eigenvalue weighted by molar-refractivity contribution is -0.117. The molecule has 19 heavy (non-hydrogen) atoms. The van der Waals surface area contributed by atoms with E-state index in [-0.39, 0.29) is 11.8 Å². The number of nitrogens with one attached hydrogen (secondary N) is 1. The molecular formula is C15H15ClN2O. The number of rotatable bonds is 4. The Hall–Kier alpha value is -1.87. The van der Waals surface area contributed by atoms with E-state index in [9.17, 15) is 4.79 Å². The molecule has 1 heterocycles. The lowest BCUT2D eigenvalue weighted by Gasteiger charge is -2.14. The Morgan fingerprint density at radius 3 is 2.58 bits per heavy atom. The van der Waals surface area contributed by atoms with Gasteiger partial charge < -0.3 is 5.32 Å². The molecule has 1 amide bonds. The summed E-state index contributed by atoms with van der Waals surface area (Å²) in [4.78, 5) is 16.3. The monoisotopic (exact) mass is 274 g/mol. The van der Waals surface area contributed by atoms with Crippen LogP contribution in [0.1, 0.15) is 24.8 Å². The zero-order chi connectivity index (χ0) is 13.7. The summed E-state index contributed by atoms with van der Waals surface area (Å²) in [6.07, 6.45) is 2.25. The average molecular weight is 275 g/mol. The maximum absolute atomic E-state index is 12.2. The molecule has 1 atom stereocenters. The van der Waals surface area contributed by atoms with Gasteiger partial charge in [0.25, 0.3) is 0 Å². The van der Waals surface area contributed by atoms with Gasteiger partial charge in [0.1, 0.15) is 5.82 Å². The Morgan fingerprint density at radius 2 is 2.00 bits per heavy atom. The molecule has 0 saturated heterocycles. The highest BCUT2D eigenvalue weighted by Gasteiger charge is 2.18. The summed E-state index contributed by atoms with van der Waals surface area (Å²) in [6.45, 7) is 1.99. The molecule has 1 N–H and O–H groups in total. The number of benzene rings is 1. The largest absolute Gasteiger partial charge is 0.310 e. The van der Waals surface area contributed by atoms with Crippen LogP contribution in [0.5, 0.6) is 0 Å². The normalized spacial score (nSPS) is 11.9. The van der Waals surface area contributed by atoms with Gasteiger partial charge in [-0.3, -0.25) is 4.79 Å². The summed E-state index contributed by atoms with van der Waals surface area (Å²) in [5.41, 5.74) is 1.01. The van der Waals surface area contributed by atoms with Crippen LogP contribution in [-0.4, -0.2) is 10.9 Å². The molecule has 0 spiro atoms. The number of carbonyl (C=O) groups excluding carboxylic acids is 1. The summed E-state index contributed by atoms with van der Waals surface area (Å²) in [5.74, 6) is 0.297. The van der Waals surface area contributed by atoms with Gasteiger partial charge in [0.15, 0.2) is 0 Å². The number of amides is 1. The minimum absolute atomic E-state index is 0.0523. The summed E-state index contributed by atoms with van der Waals surface area (Å²) >= 11 is 5.76. The van der Waals surface area contributed by atoms with Gasteiger partial charge in [-0.25, -0.2) is 4.98 Å². The summed E-state index contributed by atoms with van der Waals surface area (Å²) in [5, 5.41) is 3.36. The Labute approximate surface area is 117 Å². The molecule has 98 valence electrons. The molecule has 4 heteroatoms. The van der Waals surface area contributed by atoms with Crippen LogP contribution in [0.2, 0.25) is 5.02 Å². The average Bonchev–Trinajstić information content (AvgIpc) is 2.43. The Morgan fingerprint density at radius 1 is 1.26 bits per heavy atom. The second-order valence-corrected chi connectivity index (χ2v) is 4.66. The first-order valence-corrected chi connectivity index (χ1v) is 6.56. The molecule has 0 aliphatic heterocycles. The van der Waals surface area contributed by atoms with Crippen molar-refractivity contribution in [3.8, 4) is 0 Å². The van der Waals surface area contributed by atoms with Gasteiger partial charge in [0, 0.05) is 6.20 Å². The smallest absolute Gasteiger partial charge is 0.233 e. The highest BCUT2D eigenvalue weighted by Crippen LogP contribution is 2.21. The van der Waals surface area contributed by atoms with E-state index in [1.807, 2.05) is 37.3 Å². The topological polar surface area (TPSA) is 42.0 Å². The number of anilines is 1. The van der Waals surface area contributed by atoms with Crippen LogP contribution in [0, 0.1) is 0 Å². The van der Waals surface area contributed by atoms with Gasteiger partial charge in [-0.05, 0) is 24.1 Å². The number of nitrogens with zero attached hydrogens (tertiary/aromatic N) is 1. The van der Waals surface area contributed by atoms with Crippen LogP contribution in [0.4, 0.5) is 5.82 Å². The first-order valence-electron chi connectivity index (χ1n) is 6.18. The lowest BCUT2D eigenvalue weighted by Crippen LogP contribution is -2.21. The number of hydrogen-bond donors (Lipinski definition) is 1.